The summed E-state index contributed by atoms with van der Waals surface area (Å²) < 4.78 is 8.55. The van der Waals surface area contributed by atoms with Gasteiger partial charge in [-0.1, -0.05) is 0 Å². The zero-order chi connectivity index (χ0) is 7.91. The van der Waals surface area contributed by atoms with Gasteiger partial charge in [-0.25, -0.2) is 0 Å². The second-order valence-corrected chi connectivity index (χ2v) is 1.85. The van der Waals surface area contributed by atoms with Gasteiger partial charge >= 0.3 is 0 Å². The van der Waals surface area contributed by atoms with Gasteiger partial charge in [0.15, 0.2) is 0 Å². The third-order valence-electron chi connectivity index (χ3n) is 0.129. The van der Waals surface area contributed by atoms with Crippen LogP contribution in [0.5, 0.6) is 0 Å². The number of phosphoric acid groups is 1. The van der Waals surface area contributed by atoms with Crippen molar-refractivity contribution in [3.05, 3.63) is 0 Å². The van der Waals surface area contributed by atoms with Crippen molar-refractivity contribution in [1.82, 2.24) is 0 Å². The van der Waals surface area contributed by atoms with Crippen molar-refractivity contribution in [3.8, 4) is 0 Å². The highest BCUT2D eigenvalue weighted by Gasteiger charge is 1.56. The minimum atomic E-state index is -5.39. The van der Waals surface area contributed by atoms with Crippen LogP contribution in [0.15, 0.2) is 0 Å². The quantitative estimate of drug-likeness (QED) is 0.373. The first-order chi connectivity index (χ1) is 3.91. The molecule has 0 aromatic rings. The Morgan fingerprint density at radius 2 is 1.56 bits per heavy atom. The zero-order valence-electron chi connectivity index (χ0n) is 4.52. The van der Waals surface area contributed by atoms with E-state index in [1.54, 1.807) is 0 Å². The average molecular weight is 156 g/mol. The second-order valence-electron chi connectivity index (χ2n) is 0.959. The Hall–Kier alpha value is 0.0300. The summed E-state index contributed by atoms with van der Waals surface area (Å²) in [6.45, 7) is 0.472. The lowest BCUT2D eigenvalue weighted by molar-refractivity contribution is -0.432. The Morgan fingerprint density at radius 1 is 1.44 bits per heavy atom. The molecule has 0 atom stereocenters. The lowest BCUT2D eigenvalue weighted by Crippen LogP contribution is -2.24. The van der Waals surface area contributed by atoms with Crippen LogP contribution in [0.1, 0.15) is 0 Å². The summed E-state index contributed by atoms with van der Waals surface area (Å²) >= 11 is 0. The Bertz CT molecular complexity index is 78.7. The van der Waals surface area contributed by atoms with Crippen molar-refractivity contribution in [2.75, 3.05) is 13.2 Å². The molecule has 0 spiro atoms. The van der Waals surface area contributed by atoms with Crippen LogP contribution < -0.4 is 20.4 Å². The zero-order valence-corrected chi connectivity index (χ0v) is 5.41. The van der Waals surface area contributed by atoms with Crippen molar-refractivity contribution in [2.45, 2.75) is 0 Å². The predicted octanol–water partition coefficient (Wildman–Crippen LogP) is -3.89. The van der Waals surface area contributed by atoms with Crippen LogP contribution in [0.4, 0.5) is 0 Å². The largest absolute Gasteiger partial charge is 0.822 e. The third kappa shape index (κ3) is 275. The molecule has 7 heteroatoms. The van der Waals surface area contributed by atoms with Gasteiger partial charge in [-0.2, -0.15) is 7.82 Å². The van der Waals surface area contributed by atoms with Crippen LogP contribution >= 0.6 is 7.82 Å². The van der Waals surface area contributed by atoms with Gasteiger partial charge in [-0.05, 0) is 0 Å². The lowest BCUT2D eigenvalue weighted by atomic mass is 10.8. The minimum absolute atomic E-state index is 0.0972. The third-order valence-corrected chi connectivity index (χ3v) is 0.129. The summed E-state index contributed by atoms with van der Waals surface area (Å²) in [6, 6.07) is 0. The summed E-state index contributed by atoms with van der Waals surface area (Å²) in [5.41, 5.74) is 4.78. The molecule has 58 valence electrons. The highest BCUT2D eigenvalue weighted by atomic mass is 31.2. The molecule has 0 radical (unpaired) electrons. The Kier molecular flexibility index (Phi) is 8.06. The molecule has 0 amide bonds. The van der Waals surface area contributed by atoms with E-state index in [-0.39, 0.29) is 6.61 Å². The highest BCUT2D eigenvalue weighted by molar-refractivity contribution is 7.40. The molecule has 0 saturated heterocycles. The molecule has 0 rings (SSSR count). The first-order valence-electron chi connectivity index (χ1n) is 1.95. The van der Waals surface area contributed by atoms with E-state index in [0.717, 1.165) is 0 Å². The average Bonchev–Trinajstić information content (AvgIpc) is 1.61. The molecular formula is C2H7NO5P-3. The van der Waals surface area contributed by atoms with E-state index in [1.807, 2.05) is 0 Å². The van der Waals surface area contributed by atoms with Crippen molar-refractivity contribution < 1.29 is 24.4 Å². The van der Waals surface area contributed by atoms with Crippen LogP contribution in [0.3, 0.4) is 0 Å². The molecule has 0 fully saturated rings. The standard InChI is InChI=1S/C2H7NO.H3O4P/c3-1-2-4;1-5(2,3)4/h4H,1-3H2;(H3,1,2,3,4)/p-3. The normalized spacial score (nSPS) is 9.89. The lowest BCUT2D eigenvalue weighted by Gasteiger charge is -2.36. The maximum absolute atomic E-state index is 8.55. The van der Waals surface area contributed by atoms with Gasteiger partial charge in [0.05, 0.1) is 6.61 Å². The smallest absolute Gasteiger partial charge is 0.0553 e. The molecule has 3 N–H and O–H groups in total. The Labute approximate surface area is 52.2 Å². The van der Waals surface area contributed by atoms with E-state index < -0.39 is 7.82 Å². The Morgan fingerprint density at radius 3 is 1.56 bits per heavy atom. The van der Waals surface area contributed by atoms with E-state index >= 15 is 0 Å². The molecule has 0 aromatic carbocycles. The molecule has 0 heterocycles. The summed E-state index contributed by atoms with van der Waals surface area (Å²) in [5, 5.41) is 7.75. The maximum Gasteiger partial charge on any atom is 0.0553 e. The fraction of sp³-hybridized carbons (Fsp3) is 1.00. The van der Waals surface area contributed by atoms with E-state index in [0.29, 0.717) is 6.54 Å². The van der Waals surface area contributed by atoms with E-state index in [2.05, 4.69) is 0 Å². The van der Waals surface area contributed by atoms with Gasteiger partial charge < -0.3 is 30.1 Å². The summed E-state index contributed by atoms with van der Waals surface area (Å²) in [7, 11) is -5.39. The number of rotatable bonds is 1. The monoisotopic (exact) mass is 156 g/mol. The molecule has 9 heavy (non-hydrogen) atoms. The Balaban J connectivity index is 0. The van der Waals surface area contributed by atoms with Crippen molar-refractivity contribution >= 4 is 7.82 Å². The van der Waals surface area contributed by atoms with Gasteiger partial charge in [0.2, 0.25) is 0 Å². The van der Waals surface area contributed by atoms with Crippen LogP contribution in [0, 0.1) is 0 Å². The van der Waals surface area contributed by atoms with Crippen LogP contribution in [-0.2, 0) is 4.57 Å². The number of hydrogen-bond donors (Lipinski definition) is 2. The summed E-state index contributed by atoms with van der Waals surface area (Å²) in [5.74, 6) is 0. The molecule has 0 aliphatic heterocycles. The number of hydrogen-bond acceptors (Lipinski definition) is 6. The first kappa shape index (κ1) is 11.8. The molecule has 0 aliphatic carbocycles. The molecular weight excluding hydrogens is 149 g/mol. The maximum atomic E-state index is 8.55. The second kappa shape index (κ2) is 6.15. The molecule has 0 aromatic heterocycles. The molecule has 0 bridgehead atoms. The number of nitrogens with two attached hydrogens (primary N) is 1. The highest BCUT2D eigenvalue weighted by Crippen LogP contribution is 2.03. The van der Waals surface area contributed by atoms with Crippen LogP contribution in [-0.4, -0.2) is 18.3 Å². The van der Waals surface area contributed by atoms with Gasteiger partial charge in [-0.15, -0.1) is 0 Å². The molecule has 6 nitrogen and oxygen atoms in total. The fourth-order valence-electron chi connectivity index (χ4n) is 0. The van der Waals surface area contributed by atoms with E-state index in [4.69, 9.17) is 30.1 Å². The van der Waals surface area contributed by atoms with Crippen LogP contribution in [0.25, 0.3) is 0 Å². The summed E-state index contributed by atoms with van der Waals surface area (Å²) in [4.78, 5) is 25.6. The number of aliphatic hydroxyl groups is 1. The predicted molar refractivity (Wildman–Crippen MR) is 23.7 cm³/mol. The topological polar surface area (TPSA) is 132 Å². The van der Waals surface area contributed by atoms with Crippen molar-refractivity contribution in [1.29, 1.82) is 0 Å². The molecule has 0 saturated carbocycles. The van der Waals surface area contributed by atoms with Gasteiger partial charge in [-0.3, -0.25) is 0 Å². The fourth-order valence-corrected chi connectivity index (χ4v) is 0. The molecule has 0 unspecified atom stereocenters. The SMILES string of the molecule is NCCO.O=P([O-])([O-])[O-]. The minimum Gasteiger partial charge on any atom is -0.822 e. The van der Waals surface area contributed by atoms with Gasteiger partial charge in [0.1, 0.15) is 0 Å². The first-order valence-corrected chi connectivity index (χ1v) is 3.42. The summed E-state index contributed by atoms with van der Waals surface area (Å²) in [6.07, 6.45) is 0. The van der Waals surface area contributed by atoms with Gasteiger partial charge in [0.25, 0.3) is 0 Å². The van der Waals surface area contributed by atoms with Crippen molar-refractivity contribution in [3.63, 3.8) is 0 Å². The van der Waals surface area contributed by atoms with E-state index in [9.17, 15) is 0 Å². The number of aliphatic hydroxyl groups excluding tert-OH is 1. The molecule has 0 aliphatic rings. The van der Waals surface area contributed by atoms with Crippen molar-refractivity contribution in [2.24, 2.45) is 5.73 Å². The van der Waals surface area contributed by atoms with E-state index in [1.165, 1.54) is 0 Å². The van der Waals surface area contributed by atoms with Gasteiger partial charge in [0, 0.05) is 6.54 Å². The van der Waals surface area contributed by atoms with Crippen LogP contribution in [0.2, 0.25) is 0 Å².